The van der Waals surface area contributed by atoms with Crippen molar-refractivity contribution in [1.29, 1.82) is 0 Å². The standard InChI is InChI=1S/C25H23F3N4O2/c26-25(27,28)20-3-1-17(2-4-20)18-7-10-31(24(34)14-18)21-5-6-23-19(13-21)15-29-32(23)12-11-30-9-8-22(33)16-30/h1-7,10,13-15,22,33H,8-9,11-12,16H2/t22-/m0/s1. The Morgan fingerprint density at radius 1 is 1.00 bits per heavy atom. The number of likely N-dealkylation sites (tertiary alicyclic amines) is 1. The second-order valence-corrected chi connectivity index (χ2v) is 8.55. The molecule has 3 heterocycles. The van der Waals surface area contributed by atoms with Gasteiger partial charge in [-0.25, -0.2) is 0 Å². The minimum atomic E-state index is -4.40. The molecule has 2 aromatic carbocycles. The summed E-state index contributed by atoms with van der Waals surface area (Å²) in [5, 5.41) is 15.1. The maximum absolute atomic E-state index is 12.8. The molecule has 1 N–H and O–H groups in total. The number of aliphatic hydroxyl groups excluding tert-OH is 1. The van der Waals surface area contributed by atoms with E-state index in [9.17, 15) is 23.1 Å². The van der Waals surface area contributed by atoms with Gasteiger partial charge in [0, 0.05) is 43.0 Å². The molecule has 5 rings (SSSR count). The van der Waals surface area contributed by atoms with Crippen molar-refractivity contribution in [1.82, 2.24) is 19.2 Å². The molecule has 0 aliphatic carbocycles. The highest BCUT2D eigenvalue weighted by Gasteiger charge is 2.30. The van der Waals surface area contributed by atoms with Gasteiger partial charge in [0.2, 0.25) is 0 Å². The first kappa shape index (κ1) is 22.4. The average Bonchev–Trinajstić information content (AvgIpc) is 3.42. The summed E-state index contributed by atoms with van der Waals surface area (Å²) in [7, 11) is 0. The smallest absolute Gasteiger partial charge is 0.392 e. The third kappa shape index (κ3) is 4.49. The van der Waals surface area contributed by atoms with Crippen LogP contribution in [0.25, 0.3) is 27.7 Å². The lowest BCUT2D eigenvalue weighted by Gasteiger charge is -2.15. The van der Waals surface area contributed by atoms with Gasteiger partial charge in [-0.15, -0.1) is 0 Å². The molecule has 6 nitrogen and oxygen atoms in total. The van der Waals surface area contributed by atoms with Crippen molar-refractivity contribution in [2.75, 3.05) is 19.6 Å². The highest BCUT2D eigenvalue weighted by molar-refractivity contribution is 5.81. The Morgan fingerprint density at radius 3 is 2.47 bits per heavy atom. The summed E-state index contributed by atoms with van der Waals surface area (Å²) in [6.45, 7) is 3.09. The summed E-state index contributed by atoms with van der Waals surface area (Å²) in [6, 6.07) is 13.5. The first-order valence-corrected chi connectivity index (χ1v) is 11.0. The van der Waals surface area contributed by atoms with E-state index < -0.39 is 11.7 Å². The van der Waals surface area contributed by atoms with Crippen LogP contribution in [0.5, 0.6) is 0 Å². The summed E-state index contributed by atoms with van der Waals surface area (Å²) >= 11 is 0. The van der Waals surface area contributed by atoms with Crippen molar-refractivity contribution in [3.8, 4) is 16.8 Å². The molecule has 0 saturated carbocycles. The monoisotopic (exact) mass is 468 g/mol. The molecule has 1 aliphatic rings. The van der Waals surface area contributed by atoms with Crippen molar-refractivity contribution < 1.29 is 18.3 Å². The maximum atomic E-state index is 12.8. The number of hydrogen-bond acceptors (Lipinski definition) is 4. The Kier molecular flexibility index (Phi) is 5.75. The van der Waals surface area contributed by atoms with E-state index in [4.69, 9.17) is 0 Å². The van der Waals surface area contributed by atoms with E-state index in [1.807, 2.05) is 22.9 Å². The van der Waals surface area contributed by atoms with Gasteiger partial charge in [0.25, 0.3) is 5.56 Å². The molecule has 1 aliphatic heterocycles. The zero-order chi connectivity index (χ0) is 23.9. The molecule has 0 radical (unpaired) electrons. The predicted molar refractivity (Wildman–Crippen MR) is 123 cm³/mol. The van der Waals surface area contributed by atoms with Gasteiger partial charge in [-0.1, -0.05) is 12.1 Å². The second kappa shape index (κ2) is 8.73. The van der Waals surface area contributed by atoms with Crippen LogP contribution in [0.15, 0.2) is 71.8 Å². The predicted octanol–water partition coefficient (Wildman–Crippen LogP) is 3.94. The van der Waals surface area contributed by atoms with Gasteiger partial charge in [0.15, 0.2) is 0 Å². The molecule has 9 heteroatoms. The number of pyridine rings is 1. The SMILES string of the molecule is O=c1cc(-c2ccc(C(F)(F)F)cc2)ccn1-c1ccc2c(cnn2CCN2CC[C@H](O)C2)c1. The number of halogens is 3. The molecule has 0 bridgehead atoms. The molecule has 0 unspecified atom stereocenters. The number of aliphatic hydroxyl groups is 1. The molecule has 4 aromatic rings. The van der Waals surface area contributed by atoms with E-state index in [0.717, 1.165) is 42.5 Å². The van der Waals surface area contributed by atoms with Gasteiger partial charge in [0.05, 0.1) is 29.9 Å². The molecular weight excluding hydrogens is 445 g/mol. The topological polar surface area (TPSA) is 63.3 Å². The van der Waals surface area contributed by atoms with Gasteiger partial charge in [0.1, 0.15) is 0 Å². The molecular formula is C25H23F3N4O2. The number of rotatable bonds is 5. The number of alkyl halides is 3. The number of fused-ring (bicyclic) bond motifs is 1. The average molecular weight is 468 g/mol. The highest BCUT2D eigenvalue weighted by atomic mass is 19.4. The summed E-state index contributed by atoms with van der Waals surface area (Å²) < 4.78 is 41.8. The van der Waals surface area contributed by atoms with Gasteiger partial charge >= 0.3 is 6.18 Å². The fourth-order valence-electron chi connectivity index (χ4n) is 4.38. The second-order valence-electron chi connectivity index (χ2n) is 8.55. The van der Waals surface area contributed by atoms with E-state index in [1.165, 1.54) is 22.8 Å². The van der Waals surface area contributed by atoms with E-state index in [2.05, 4.69) is 10.00 Å². The van der Waals surface area contributed by atoms with Crippen molar-refractivity contribution in [2.45, 2.75) is 25.2 Å². The number of benzene rings is 2. The lowest BCUT2D eigenvalue weighted by molar-refractivity contribution is -0.137. The molecule has 176 valence electrons. The lowest BCUT2D eigenvalue weighted by Crippen LogP contribution is -2.26. The third-order valence-electron chi connectivity index (χ3n) is 6.24. The van der Waals surface area contributed by atoms with Crippen LogP contribution in [0.3, 0.4) is 0 Å². The molecule has 2 aromatic heterocycles. The third-order valence-corrected chi connectivity index (χ3v) is 6.24. The number of aromatic nitrogens is 3. The van der Waals surface area contributed by atoms with Crippen LogP contribution in [0.2, 0.25) is 0 Å². The molecule has 1 fully saturated rings. The normalized spacial score (nSPS) is 17.0. The number of β-amino-alcohol motifs (C(OH)–C–C–N with tert-alkyl or cyclic N) is 1. The molecule has 1 saturated heterocycles. The summed E-state index contributed by atoms with van der Waals surface area (Å²) in [4.78, 5) is 15.0. The Balaban J connectivity index is 1.35. The minimum absolute atomic E-state index is 0.249. The van der Waals surface area contributed by atoms with Crippen LogP contribution in [0.4, 0.5) is 13.2 Å². The first-order chi connectivity index (χ1) is 16.3. The van der Waals surface area contributed by atoms with Crippen LogP contribution in [0.1, 0.15) is 12.0 Å². The Labute approximate surface area is 193 Å². The maximum Gasteiger partial charge on any atom is 0.416 e. The van der Waals surface area contributed by atoms with E-state index in [-0.39, 0.29) is 11.7 Å². The van der Waals surface area contributed by atoms with Crippen LogP contribution in [-0.4, -0.2) is 50.1 Å². The zero-order valence-electron chi connectivity index (χ0n) is 18.2. The van der Waals surface area contributed by atoms with Crippen LogP contribution >= 0.6 is 0 Å². The van der Waals surface area contributed by atoms with Gasteiger partial charge in [-0.3, -0.25) is 18.9 Å². The van der Waals surface area contributed by atoms with Crippen molar-refractivity contribution in [3.63, 3.8) is 0 Å². The van der Waals surface area contributed by atoms with Crippen LogP contribution in [-0.2, 0) is 12.7 Å². The van der Waals surface area contributed by atoms with Crippen molar-refractivity contribution >= 4 is 10.9 Å². The largest absolute Gasteiger partial charge is 0.416 e. The van der Waals surface area contributed by atoms with Crippen molar-refractivity contribution in [2.24, 2.45) is 0 Å². The van der Waals surface area contributed by atoms with Gasteiger partial charge in [-0.05, 0) is 53.9 Å². The van der Waals surface area contributed by atoms with E-state index >= 15 is 0 Å². The highest BCUT2D eigenvalue weighted by Crippen LogP contribution is 2.30. The summed E-state index contributed by atoms with van der Waals surface area (Å²) in [5.74, 6) is 0. The van der Waals surface area contributed by atoms with E-state index in [0.29, 0.717) is 29.9 Å². The Hall–Kier alpha value is -3.43. The first-order valence-electron chi connectivity index (χ1n) is 11.0. The Morgan fingerprint density at radius 2 is 1.79 bits per heavy atom. The summed E-state index contributed by atoms with van der Waals surface area (Å²) in [5.41, 5.74) is 1.72. The van der Waals surface area contributed by atoms with Crippen molar-refractivity contribution in [3.05, 3.63) is 82.9 Å². The molecule has 1 atom stereocenters. The number of hydrogen-bond donors (Lipinski definition) is 1. The lowest BCUT2D eigenvalue weighted by atomic mass is 10.0. The molecule has 0 spiro atoms. The fourth-order valence-corrected chi connectivity index (χ4v) is 4.38. The van der Waals surface area contributed by atoms with Crippen LogP contribution in [0, 0.1) is 0 Å². The zero-order valence-corrected chi connectivity index (χ0v) is 18.2. The Bertz CT molecular complexity index is 1380. The number of nitrogens with zero attached hydrogens (tertiary/aromatic N) is 4. The van der Waals surface area contributed by atoms with Gasteiger partial charge in [-0.2, -0.15) is 18.3 Å². The van der Waals surface area contributed by atoms with Gasteiger partial charge < -0.3 is 5.11 Å². The molecule has 0 amide bonds. The van der Waals surface area contributed by atoms with Crippen LogP contribution < -0.4 is 5.56 Å². The quantitative estimate of drug-likeness (QED) is 0.482. The molecule has 34 heavy (non-hydrogen) atoms. The summed E-state index contributed by atoms with van der Waals surface area (Å²) in [6.07, 6.45) is -0.458. The minimum Gasteiger partial charge on any atom is -0.392 e. The fraction of sp³-hybridized carbons (Fsp3) is 0.280. The van der Waals surface area contributed by atoms with E-state index in [1.54, 1.807) is 18.5 Å².